The molecule has 0 bridgehead atoms. The second-order valence-corrected chi connectivity index (χ2v) is 5.29. The number of hydrogen-bond acceptors (Lipinski definition) is 3. The van der Waals surface area contributed by atoms with Crippen LogP contribution in [0, 0.1) is 0 Å². The number of amides is 2. The molecule has 112 valence electrons. The zero-order valence-electron chi connectivity index (χ0n) is 11.5. The van der Waals surface area contributed by atoms with E-state index in [1.165, 1.54) is 0 Å². The van der Waals surface area contributed by atoms with Crippen molar-refractivity contribution >= 4 is 34.8 Å². The lowest BCUT2D eigenvalue weighted by molar-refractivity contribution is -0.128. The number of benzene rings is 2. The molecule has 1 aliphatic heterocycles. The molecule has 0 aliphatic carbocycles. The number of halogens is 1. The molecular formula is C16H13ClN2O3. The van der Waals surface area contributed by atoms with Gasteiger partial charge >= 0.3 is 0 Å². The van der Waals surface area contributed by atoms with Crippen LogP contribution in [0.3, 0.4) is 0 Å². The minimum absolute atomic E-state index is 0.0667. The predicted molar refractivity (Wildman–Crippen MR) is 84.2 cm³/mol. The van der Waals surface area contributed by atoms with E-state index in [-0.39, 0.29) is 18.2 Å². The van der Waals surface area contributed by atoms with E-state index in [0.717, 1.165) is 0 Å². The number of anilines is 2. The van der Waals surface area contributed by atoms with Crippen molar-refractivity contribution in [1.82, 2.24) is 0 Å². The highest BCUT2D eigenvalue weighted by Gasteiger charge is 2.29. The van der Waals surface area contributed by atoms with E-state index in [4.69, 9.17) is 16.3 Å². The third-order valence-electron chi connectivity index (χ3n) is 3.21. The van der Waals surface area contributed by atoms with Gasteiger partial charge in [-0.1, -0.05) is 23.7 Å². The molecule has 1 heterocycles. The molecule has 0 aromatic heterocycles. The Morgan fingerprint density at radius 2 is 1.91 bits per heavy atom. The van der Waals surface area contributed by atoms with Gasteiger partial charge in [0.15, 0.2) is 6.10 Å². The molecule has 1 atom stereocenters. The van der Waals surface area contributed by atoms with Gasteiger partial charge in [0, 0.05) is 10.7 Å². The average molecular weight is 317 g/mol. The minimum atomic E-state index is -0.845. The summed E-state index contributed by atoms with van der Waals surface area (Å²) in [5, 5.41) is 6.02. The van der Waals surface area contributed by atoms with E-state index in [9.17, 15) is 9.59 Å². The van der Waals surface area contributed by atoms with Crippen molar-refractivity contribution in [2.75, 3.05) is 10.6 Å². The third kappa shape index (κ3) is 3.20. The van der Waals surface area contributed by atoms with Gasteiger partial charge in [-0.05, 0) is 36.4 Å². The molecule has 3 rings (SSSR count). The van der Waals surface area contributed by atoms with E-state index >= 15 is 0 Å². The van der Waals surface area contributed by atoms with Crippen LogP contribution in [-0.2, 0) is 9.59 Å². The molecule has 0 saturated heterocycles. The molecule has 6 heteroatoms. The van der Waals surface area contributed by atoms with Gasteiger partial charge in [-0.3, -0.25) is 9.59 Å². The molecule has 2 aromatic carbocycles. The first-order valence-corrected chi connectivity index (χ1v) is 7.11. The summed E-state index contributed by atoms with van der Waals surface area (Å²) in [6, 6.07) is 13.8. The zero-order valence-corrected chi connectivity index (χ0v) is 12.3. The summed E-state index contributed by atoms with van der Waals surface area (Å²) in [6.07, 6.45) is -0.912. The van der Waals surface area contributed by atoms with E-state index in [1.807, 2.05) is 0 Å². The molecule has 2 aromatic rings. The second-order valence-electron chi connectivity index (χ2n) is 4.85. The highest BCUT2D eigenvalue weighted by molar-refractivity contribution is 6.30. The summed E-state index contributed by atoms with van der Waals surface area (Å²) in [5.41, 5.74) is 1.23. The van der Waals surface area contributed by atoms with E-state index in [2.05, 4.69) is 10.6 Å². The fourth-order valence-corrected chi connectivity index (χ4v) is 2.27. The standard InChI is InChI=1S/C16H13ClN2O3/c17-10-5-7-11(8-6-10)18-15(20)9-14-16(21)19-12-3-1-2-4-13(12)22-14/h1-8,14H,9H2,(H,18,20)(H,19,21)/t14-/m0/s1. The van der Waals surface area contributed by atoms with Crippen LogP contribution in [0.2, 0.25) is 5.02 Å². The van der Waals surface area contributed by atoms with Crippen molar-refractivity contribution in [1.29, 1.82) is 0 Å². The van der Waals surface area contributed by atoms with Crippen LogP contribution in [0.1, 0.15) is 6.42 Å². The third-order valence-corrected chi connectivity index (χ3v) is 3.46. The largest absolute Gasteiger partial charge is 0.478 e. The molecule has 0 unspecified atom stereocenters. The summed E-state index contributed by atoms with van der Waals surface area (Å²) in [4.78, 5) is 24.0. The molecule has 2 amide bonds. The lowest BCUT2D eigenvalue weighted by atomic mass is 10.1. The van der Waals surface area contributed by atoms with Gasteiger partial charge in [-0.25, -0.2) is 0 Å². The van der Waals surface area contributed by atoms with Crippen molar-refractivity contribution < 1.29 is 14.3 Å². The average Bonchev–Trinajstić information content (AvgIpc) is 2.50. The highest BCUT2D eigenvalue weighted by Crippen LogP contribution is 2.29. The molecule has 0 spiro atoms. The van der Waals surface area contributed by atoms with Gasteiger partial charge < -0.3 is 15.4 Å². The molecular weight excluding hydrogens is 304 g/mol. The maximum Gasteiger partial charge on any atom is 0.266 e. The minimum Gasteiger partial charge on any atom is -0.478 e. The Labute approximate surface area is 132 Å². The summed E-state index contributed by atoms with van der Waals surface area (Å²) in [6.45, 7) is 0. The van der Waals surface area contributed by atoms with Crippen molar-refractivity contribution in [2.24, 2.45) is 0 Å². The molecule has 2 N–H and O–H groups in total. The fraction of sp³-hybridized carbons (Fsp3) is 0.125. The van der Waals surface area contributed by atoms with Crippen molar-refractivity contribution in [3.05, 3.63) is 53.6 Å². The first-order chi connectivity index (χ1) is 10.6. The number of ether oxygens (including phenoxy) is 1. The predicted octanol–water partition coefficient (Wildman–Crippen LogP) is 3.07. The number of carbonyl (C=O) groups is 2. The summed E-state index contributed by atoms with van der Waals surface area (Å²) in [5.74, 6) is -0.0711. The van der Waals surface area contributed by atoms with Gasteiger partial charge in [0.2, 0.25) is 5.91 Å². The quantitative estimate of drug-likeness (QED) is 0.914. The maximum atomic E-state index is 12.0. The van der Waals surface area contributed by atoms with Gasteiger partial charge in [-0.2, -0.15) is 0 Å². The second kappa shape index (κ2) is 6.07. The molecule has 22 heavy (non-hydrogen) atoms. The SMILES string of the molecule is O=C(C[C@@H]1Oc2ccccc2NC1=O)Nc1ccc(Cl)cc1. The number of nitrogens with one attached hydrogen (secondary N) is 2. The van der Waals surface area contributed by atoms with Crippen LogP contribution in [0.4, 0.5) is 11.4 Å². The van der Waals surface area contributed by atoms with Crippen molar-refractivity contribution in [3.63, 3.8) is 0 Å². The number of para-hydroxylation sites is 2. The molecule has 1 aliphatic rings. The Balaban J connectivity index is 1.64. The van der Waals surface area contributed by atoms with E-state index in [0.29, 0.717) is 22.1 Å². The Hall–Kier alpha value is -2.53. The van der Waals surface area contributed by atoms with Crippen LogP contribution >= 0.6 is 11.6 Å². The Kier molecular flexibility index (Phi) is 3.98. The van der Waals surface area contributed by atoms with Crippen LogP contribution in [0.15, 0.2) is 48.5 Å². The first kappa shape index (κ1) is 14.4. The monoisotopic (exact) mass is 316 g/mol. The maximum absolute atomic E-state index is 12.0. The zero-order chi connectivity index (χ0) is 15.5. The topological polar surface area (TPSA) is 67.4 Å². The summed E-state index contributed by atoms with van der Waals surface area (Å²) in [7, 11) is 0. The number of hydrogen-bond donors (Lipinski definition) is 2. The van der Waals surface area contributed by atoms with E-state index < -0.39 is 6.10 Å². The van der Waals surface area contributed by atoms with Gasteiger partial charge in [0.25, 0.3) is 5.91 Å². The van der Waals surface area contributed by atoms with Crippen molar-refractivity contribution in [3.8, 4) is 5.75 Å². The van der Waals surface area contributed by atoms with Crippen molar-refractivity contribution in [2.45, 2.75) is 12.5 Å². The van der Waals surface area contributed by atoms with Crippen LogP contribution in [0.25, 0.3) is 0 Å². The Morgan fingerprint density at radius 1 is 1.18 bits per heavy atom. The van der Waals surface area contributed by atoms with Crippen LogP contribution in [0.5, 0.6) is 5.75 Å². The first-order valence-electron chi connectivity index (χ1n) is 6.74. The summed E-state index contributed by atoms with van der Waals surface area (Å²) >= 11 is 5.79. The smallest absolute Gasteiger partial charge is 0.266 e. The Bertz CT molecular complexity index is 716. The highest BCUT2D eigenvalue weighted by atomic mass is 35.5. The molecule has 0 fully saturated rings. The molecule has 0 saturated carbocycles. The number of fused-ring (bicyclic) bond motifs is 1. The van der Waals surface area contributed by atoms with Crippen LogP contribution < -0.4 is 15.4 Å². The molecule has 5 nitrogen and oxygen atoms in total. The number of carbonyl (C=O) groups excluding carboxylic acids is 2. The normalized spacial score (nSPS) is 16.2. The fourth-order valence-electron chi connectivity index (χ4n) is 2.14. The van der Waals surface area contributed by atoms with Gasteiger partial charge in [0.05, 0.1) is 12.1 Å². The number of rotatable bonds is 3. The van der Waals surface area contributed by atoms with Gasteiger partial charge in [-0.15, -0.1) is 0 Å². The molecule has 0 radical (unpaired) electrons. The Morgan fingerprint density at radius 3 is 2.68 bits per heavy atom. The summed E-state index contributed by atoms with van der Waals surface area (Å²) < 4.78 is 5.58. The lowest BCUT2D eigenvalue weighted by Gasteiger charge is -2.25. The van der Waals surface area contributed by atoms with Gasteiger partial charge in [0.1, 0.15) is 5.75 Å². The van der Waals surface area contributed by atoms with E-state index in [1.54, 1.807) is 48.5 Å². The lowest BCUT2D eigenvalue weighted by Crippen LogP contribution is -2.39. The van der Waals surface area contributed by atoms with Crippen LogP contribution in [-0.4, -0.2) is 17.9 Å².